The average Bonchev–Trinajstić information content (AvgIpc) is 2.59. The number of carbonyl (C=O) groups excluding carboxylic acids is 1. The molecule has 0 heterocycles. The molecular formula is C18H19BrO5. The Morgan fingerprint density at radius 1 is 1.21 bits per heavy atom. The van der Waals surface area contributed by atoms with Crippen molar-refractivity contribution in [2.45, 2.75) is 20.0 Å². The second-order valence-electron chi connectivity index (χ2n) is 5.03. The second kappa shape index (κ2) is 8.59. The minimum atomic E-state index is -0.629. The van der Waals surface area contributed by atoms with E-state index in [0.717, 1.165) is 16.5 Å². The van der Waals surface area contributed by atoms with E-state index < -0.39 is 5.97 Å². The van der Waals surface area contributed by atoms with Gasteiger partial charge in [-0.1, -0.05) is 35.0 Å². The van der Waals surface area contributed by atoms with Crippen LogP contribution in [0.2, 0.25) is 0 Å². The van der Waals surface area contributed by atoms with E-state index >= 15 is 0 Å². The van der Waals surface area contributed by atoms with Crippen LogP contribution in [0, 0.1) is 0 Å². The molecule has 0 aliphatic carbocycles. The normalized spacial score (nSPS) is 10.3. The highest BCUT2D eigenvalue weighted by Gasteiger charge is 2.17. The molecule has 0 atom stereocenters. The highest BCUT2D eigenvalue weighted by atomic mass is 79.9. The lowest BCUT2D eigenvalue weighted by molar-refractivity contribution is 0.0465. The molecule has 6 heteroatoms. The van der Waals surface area contributed by atoms with Crippen molar-refractivity contribution in [3.8, 4) is 17.2 Å². The number of para-hydroxylation sites is 1. The van der Waals surface area contributed by atoms with Crippen molar-refractivity contribution in [3.63, 3.8) is 0 Å². The van der Waals surface area contributed by atoms with E-state index in [1.54, 1.807) is 12.1 Å². The maximum absolute atomic E-state index is 12.2. The number of benzene rings is 2. The fraction of sp³-hybridized carbons (Fsp3) is 0.278. The number of esters is 1. The van der Waals surface area contributed by atoms with Crippen LogP contribution in [-0.4, -0.2) is 24.8 Å². The van der Waals surface area contributed by atoms with E-state index in [-0.39, 0.29) is 23.7 Å². The maximum Gasteiger partial charge on any atom is 0.342 e. The van der Waals surface area contributed by atoms with E-state index in [1.165, 1.54) is 13.2 Å². The number of halogens is 1. The Kier molecular flexibility index (Phi) is 6.49. The van der Waals surface area contributed by atoms with Gasteiger partial charge in [-0.15, -0.1) is 0 Å². The van der Waals surface area contributed by atoms with E-state index in [9.17, 15) is 9.90 Å². The van der Waals surface area contributed by atoms with Crippen molar-refractivity contribution in [2.75, 3.05) is 13.7 Å². The number of rotatable bonds is 7. The van der Waals surface area contributed by atoms with Gasteiger partial charge >= 0.3 is 5.97 Å². The molecule has 0 saturated carbocycles. The molecule has 2 rings (SSSR count). The first kappa shape index (κ1) is 18.1. The Bertz CT molecular complexity index is 715. The van der Waals surface area contributed by atoms with Gasteiger partial charge in [-0.05, 0) is 30.7 Å². The zero-order valence-electron chi connectivity index (χ0n) is 13.5. The van der Waals surface area contributed by atoms with E-state index in [2.05, 4.69) is 15.9 Å². The topological polar surface area (TPSA) is 65.0 Å². The summed E-state index contributed by atoms with van der Waals surface area (Å²) < 4.78 is 16.9. The van der Waals surface area contributed by atoms with Crippen LogP contribution in [0.4, 0.5) is 0 Å². The Morgan fingerprint density at radius 3 is 2.71 bits per heavy atom. The quantitative estimate of drug-likeness (QED) is 0.708. The number of ether oxygens (including phenoxy) is 3. The van der Waals surface area contributed by atoms with Gasteiger partial charge in [-0.25, -0.2) is 4.79 Å². The Balaban J connectivity index is 2.12. The van der Waals surface area contributed by atoms with Gasteiger partial charge in [0.15, 0.2) is 11.5 Å². The van der Waals surface area contributed by atoms with Gasteiger partial charge in [0, 0.05) is 10.0 Å². The standard InChI is InChI=1S/C18H19BrO5/c1-3-9-23-16-10-13(19)8-7-12(16)11-24-18(21)14-5-4-6-15(22-2)17(14)20/h4-8,10,20H,3,9,11H2,1-2H3. The molecule has 24 heavy (non-hydrogen) atoms. The minimum absolute atomic E-state index is 0.0435. The predicted molar refractivity (Wildman–Crippen MR) is 93.7 cm³/mol. The monoisotopic (exact) mass is 394 g/mol. The number of methoxy groups -OCH3 is 1. The molecule has 0 fully saturated rings. The summed E-state index contributed by atoms with van der Waals surface area (Å²) in [6, 6.07) is 10.2. The maximum atomic E-state index is 12.2. The number of carbonyl (C=O) groups is 1. The zero-order valence-corrected chi connectivity index (χ0v) is 15.1. The Labute approximate surface area is 149 Å². The fourth-order valence-electron chi connectivity index (χ4n) is 2.07. The molecule has 0 saturated heterocycles. The Hall–Kier alpha value is -2.21. The first-order valence-corrected chi connectivity index (χ1v) is 8.30. The second-order valence-corrected chi connectivity index (χ2v) is 5.95. The molecule has 0 bridgehead atoms. The lowest BCUT2D eigenvalue weighted by Crippen LogP contribution is -2.07. The van der Waals surface area contributed by atoms with Crippen LogP contribution >= 0.6 is 15.9 Å². The SMILES string of the molecule is CCCOc1cc(Br)ccc1COC(=O)c1cccc(OC)c1O. The molecule has 0 aromatic heterocycles. The Morgan fingerprint density at radius 2 is 2.00 bits per heavy atom. The summed E-state index contributed by atoms with van der Waals surface area (Å²) in [7, 11) is 1.42. The summed E-state index contributed by atoms with van der Waals surface area (Å²) in [4.78, 5) is 12.2. The highest BCUT2D eigenvalue weighted by molar-refractivity contribution is 9.10. The fourth-order valence-corrected chi connectivity index (χ4v) is 2.41. The van der Waals surface area contributed by atoms with Gasteiger partial charge in [-0.3, -0.25) is 0 Å². The van der Waals surface area contributed by atoms with Gasteiger partial charge in [0.1, 0.15) is 17.9 Å². The van der Waals surface area contributed by atoms with Crippen LogP contribution in [0.25, 0.3) is 0 Å². The number of aromatic hydroxyl groups is 1. The zero-order chi connectivity index (χ0) is 17.5. The molecule has 0 radical (unpaired) electrons. The summed E-state index contributed by atoms with van der Waals surface area (Å²) in [5, 5.41) is 10.0. The summed E-state index contributed by atoms with van der Waals surface area (Å²) in [5.41, 5.74) is 0.810. The molecule has 0 unspecified atom stereocenters. The lowest BCUT2D eigenvalue weighted by atomic mass is 10.2. The van der Waals surface area contributed by atoms with Gasteiger partial charge < -0.3 is 19.3 Å². The van der Waals surface area contributed by atoms with E-state index in [1.807, 2.05) is 25.1 Å². The molecule has 0 amide bonds. The first-order chi connectivity index (χ1) is 11.6. The number of hydrogen-bond donors (Lipinski definition) is 1. The smallest absolute Gasteiger partial charge is 0.342 e. The van der Waals surface area contributed by atoms with Crippen molar-refractivity contribution >= 4 is 21.9 Å². The number of phenolic OH excluding ortho intramolecular Hbond substituents is 1. The molecular weight excluding hydrogens is 376 g/mol. The van der Waals surface area contributed by atoms with Gasteiger partial charge in [-0.2, -0.15) is 0 Å². The summed E-state index contributed by atoms with van der Waals surface area (Å²) in [6.45, 7) is 2.64. The molecule has 128 valence electrons. The van der Waals surface area contributed by atoms with Crippen molar-refractivity contribution in [1.29, 1.82) is 0 Å². The summed E-state index contributed by atoms with van der Waals surface area (Å²) in [6.07, 6.45) is 0.878. The lowest BCUT2D eigenvalue weighted by Gasteiger charge is -2.13. The van der Waals surface area contributed by atoms with E-state index in [4.69, 9.17) is 14.2 Å². The largest absolute Gasteiger partial charge is 0.504 e. The average molecular weight is 395 g/mol. The molecule has 2 aromatic rings. The minimum Gasteiger partial charge on any atom is -0.504 e. The van der Waals surface area contributed by atoms with Crippen molar-refractivity contribution in [3.05, 3.63) is 52.0 Å². The van der Waals surface area contributed by atoms with Crippen LogP contribution in [-0.2, 0) is 11.3 Å². The summed E-state index contributed by atoms with van der Waals surface area (Å²) in [5.74, 6) is 0.0213. The van der Waals surface area contributed by atoms with Gasteiger partial charge in [0.2, 0.25) is 0 Å². The molecule has 0 aliphatic heterocycles. The number of hydrogen-bond acceptors (Lipinski definition) is 5. The molecule has 0 aliphatic rings. The van der Waals surface area contributed by atoms with Crippen molar-refractivity contribution in [2.24, 2.45) is 0 Å². The van der Waals surface area contributed by atoms with Crippen LogP contribution in [0.3, 0.4) is 0 Å². The van der Waals surface area contributed by atoms with E-state index in [0.29, 0.717) is 12.4 Å². The molecule has 1 N–H and O–H groups in total. The van der Waals surface area contributed by atoms with Gasteiger partial charge in [0.05, 0.1) is 13.7 Å². The van der Waals surface area contributed by atoms with Gasteiger partial charge in [0.25, 0.3) is 0 Å². The molecule has 0 spiro atoms. The van der Waals surface area contributed by atoms with Crippen LogP contribution < -0.4 is 9.47 Å². The van der Waals surface area contributed by atoms with Crippen molar-refractivity contribution < 1.29 is 24.1 Å². The van der Waals surface area contributed by atoms with Crippen LogP contribution in [0.1, 0.15) is 29.3 Å². The van der Waals surface area contributed by atoms with Crippen LogP contribution in [0.5, 0.6) is 17.2 Å². The third-order valence-corrected chi connectivity index (χ3v) is 3.78. The van der Waals surface area contributed by atoms with Crippen molar-refractivity contribution in [1.82, 2.24) is 0 Å². The molecule has 5 nitrogen and oxygen atoms in total. The number of phenols is 1. The third-order valence-electron chi connectivity index (χ3n) is 3.29. The molecule has 2 aromatic carbocycles. The predicted octanol–water partition coefficient (Wildman–Crippen LogP) is 4.31. The summed E-state index contributed by atoms with van der Waals surface area (Å²) >= 11 is 3.40. The highest BCUT2D eigenvalue weighted by Crippen LogP contribution is 2.30. The van der Waals surface area contributed by atoms with Crippen LogP contribution in [0.15, 0.2) is 40.9 Å². The first-order valence-electron chi connectivity index (χ1n) is 7.51. The third kappa shape index (κ3) is 4.41.